The smallest absolute Gasteiger partial charge is 0.300 e. The van der Waals surface area contributed by atoms with Crippen LogP contribution in [0.1, 0.15) is 21.9 Å². The highest BCUT2D eigenvalue weighted by Crippen LogP contribution is 2.17. The van der Waals surface area contributed by atoms with E-state index in [0.29, 0.717) is 0 Å². The number of nitrogens with one attached hydrogen (secondary N) is 1. The lowest BCUT2D eigenvalue weighted by atomic mass is 10.2. The van der Waals surface area contributed by atoms with E-state index in [4.69, 9.17) is 15.4 Å². The molecule has 1 fully saturated rings. The van der Waals surface area contributed by atoms with Gasteiger partial charge in [0.25, 0.3) is 0 Å². The minimum absolute atomic E-state index is 0.207. The molecule has 7 heteroatoms. The number of nitrogens with two attached hydrogens (primary N) is 1. The predicted octanol–water partition coefficient (Wildman–Crippen LogP) is -0.699. The summed E-state index contributed by atoms with van der Waals surface area (Å²) in [6.45, 7) is 7.36. The normalized spacial score (nSPS) is 17.4. The van der Waals surface area contributed by atoms with Crippen molar-refractivity contribution in [3.05, 3.63) is 23.2 Å². The molecule has 7 nitrogen and oxygen atoms in total. The first-order valence-corrected chi connectivity index (χ1v) is 6.80. The van der Waals surface area contributed by atoms with Gasteiger partial charge in [0, 0.05) is 44.8 Å². The van der Waals surface area contributed by atoms with Gasteiger partial charge in [-0.2, -0.15) is 0 Å². The minimum Gasteiger partial charge on any atom is -0.456 e. The van der Waals surface area contributed by atoms with Gasteiger partial charge in [-0.1, -0.05) is 0 Å². The van der Waals surface area contributed by atoms with E-state index >= 15 is 0 Å². The Bertz CT molecular complexity index is 452. The number of rotatable bonds is 5. The summed E-state index contributed by atoms with van der Waals surface area (Å²) in [4.78, 5) is 16.0. The molecule has 1 aliphatic rings. The topological polar surface area (TPSA) is 95.0 Å². The highest BCUT2D eigenvalue weighted by atomic mass is 16.4. The molecule has 2 rings (SSSR count). The molecule has 0 bridgehead atoms. The average molecular weight is 282 g/mol. The summed E-state index contributed by atoms with van der Waals surface area (Å²) in [7, 11) is 0. The fourth-order valence-corrected chi connectivity index (χ4v) is 2.41. The molecule has 0 unspecified atom stereocenters. The van der Waals surface area contributed by atoms with E-state index in [9.17, 15) is 4.79 Å². The second-order valence-electron chi connectivity index (χ2n) is 5.01. The SMILES string of the molecule is Cc1oc(C(=O)NN)cc1CN1CCN(CCO)CC1. The molecule has 1 amide bonds. The molecule has 20 heavy (non-hydrogen) atoms. The number of aliphatic hydroxyl groups is 1. The Morgan fingerprint density at radius 1 is 1.40 bits per heavy atom. The number of β-amino-alcohol motifs (C(OH)–C–C–N with tert-alkyl or cyclic N) is 1. The molecule has 0 aromatic carbocycles. The fraction of sp³-hybridized carbons (Fsp3) is 0.615. The first-order chi connectivity index (χ1) is 9.63. The fourth-order valence-electron chi connectivity index (χ4n) is 2.41. The molecule has 1 aliphatic heterocycles. The minimum atomic E-state index is -0.410. The zero-order valence-electron chi connectivity index (χ0n) is 11.8. The number of aliphatic hydroxyl groups excluding tert-OH is 1. The van der Waals surface area contributed by atoms with Crippen LogP contribution in [0.3, 0.4) is 0 Å². The predicted molar refractivity (Wildman–Crippen MR) is 73.9 cm³/mol. The van der Waals surface area contributed by atoms with Gasteiger partial charge in [-0.05, 0) is 13.0 Å². The van der Waals surface area contributed by atoms with E-state index in [1.54, 1.807) is 6.07 Å². The molecule has 0 aliphatic carbocycles. The third kappa shape index (κ3) is 3.57. The number of amides is 1. The number of hydrazine groups is 1. The number of nitrogens with zero attached hydrogens (tertiary/aromatic N) is 2. The highest BCUT2D eigenvalue weighted by Gasteiger charge is 2.19. The van der Waals surface area contributed by atoms with Crippen LogP contribution in [0.5, 0.6) is 0 Å². The second-order valence-corrected chi connectivity index (χ2v) is 5.01. The van der Waals surface area contributed by atoms with Crippen LogP contribution in [0.25, 0.3) is 0 Å². The van der Waals surface area contributed by atoms with Crippen molar-refractivity contribution in [2.24, 2.45) is 5.84 Å². The number of carbonyl (C=O) groups excluding carboxylic acids is 1. The van der Waals surface area contributed by atoms with Gasteiger partial charge in [-0.15, -0.1) is 0 Å². The Morgan fingerprint density at radius 3 is 2.65 bits per heavy atom. The van der Waals surface area contributed by atoms with E-state index < -0.39 is 5.91 Å². The number of piperazine rings is 1. The molecule has 1 saturated heterocycles. The summed E-state index contributed by atoms with van der Waals surface area (Å²) >= 11 is 0. The standard InChI is InChI=1S/C13H22N4O3/c1-10-11(8-12(20-10)13(19)15-14)9-17-4-2-16(3-5-17)6-7-18/h8,18H,2-7,9,14H2,1H3,(H,15,19). The summed E-state index contributed by atoms with van der Waals surface area (Å²) in [5.41, 5.74) is 3.08. The van der Waals surface area contributed by atoms with Crippen molar-refractivity contribution in [3.63, 3.8) is 0 Å². The molecular weight excluding hydrogens is 260 g/mol. The van der Waals surface area contributed by atoms with Gasteiger partial charge in [-0.25, -0.2) is 5.84 Å². The third-order valence-electron chi connectivity index (χ3n) is 3.65. The van der Waals surface area contributed by atoms with Gasteiger partial charge in [-0.3, -0.25) is 20.0 Å². The van der Waals surface area contributed by atoms with Crippen LogP contribution in [-0.4, -0.2) is 60.1 Å². The first-order valence-electron chi connectivity index (χ1n) is 6.80. The number of nitrogen functional groups attached to an aromatic ring is 1. The summed E-state index contributed by atoms with van der Waals surface area (Å²) in [6.07, 6.45) is 0. The average Bonchev–Trinajstić information content (AvgIpc) is 2.82. The van der Waals surface area contributed by atoms with Crippen LogP contribution in [0.2, 0.25) is 0 Å². The van der Waals surface area contributed by atoms with Crippen molar-refractivity contribution in [1.82, 2.24) is 15.2 Å². The summed E-state index contributed by atoms with van der Waals surface area (Å²) in [6, 6.07) is 1.75. The Labute approximate surface area is 118 Å². The molecule has 1 aromatic heterocycles. The lowest BCUT2D eigenvalue weighted by molar-refractivity contribution is 0.0924. The first kappa shape index (κ1) is 15.0. The van der Waals surface area contributed by atoms with Crippen LogP contribution in [-0.2, 0) is 6.54 Å². The van der Waals surface area contributed by atoms with Crippen molar-refractivity contribution in [3.8, 4) is 0 Å². The zero-order valence-corrected chi connectivity index (χ0v) is 11.8. The molecule has 0 atom stereocenters. The second kappa shape index (κ2) is 6.85. The van der Waals surface area contributed by atoms with Crippen molar-refractivity contribution in [1.29, 1.82) is 0 Å². The Kier molecular flexibility index (Phi) is 5.13. The summed E-state index contributed by atoms with van der Waals surface area (Å²) in [5, 5.41) is 8.92. The van der Waals surface area contributed by atoms with Gasteiger partial charge in [0.2, 0.25) is 0 Å². The van der Waals surface area contributed by atoms with Crippen LogP contribution in [0.15, 0.2) is 10.5 Å². The third-order valence-corrected chi connectivity index (χ3v) is 3.65. The van der Waals surface area contributed by atoms with E-state index in [1.807, 2.05) is 6.92 Å². The lowest BCUT2D eigenvalue weighted by Crippen LogP contribution is -2.46. The molecule has 2 heterocycles. The monoisotopic (exact) mass is 282 g/mol. The quantitative estimate of drug-likeness (QED) is 0.376. The molecule has 0 spiro atoms. The van der Waals surface area contributed by atoms with Gasteiger partial charge in [0.1, 0.15) is 5.76 Å². The number of hydrogen-bond donors (Lipinski definition) is 3. The van der Waals surface area contributed by atoms with Crippen LogP contribution in [0.4, 0.5) is 0 Å². The summed E-state index contributed by atoms with van der Waals surface area (Å²) < 4.78 is 5.41. The van der Waals surface area contributed by atoms with Gasteiger partial charge < -0.3 is 9.52 Å². The van der Waals surface area contributed by atoms with Crippen molar-refractivity contribution in [2.75, 3.05) is 39.3 Å². The maximum atomic E-state index is 11.4. The maximum absolute atomic E-state index is 11.4. The molecular formula is C13H22N4O3. The van der Waals surface area contributed by atoms with Crippen molar-refractivity contribution in [2.45, 2.75) is 13.5 Å². The van der Waals surface area contributed by atoms with E-state index in [0.717, 1.165) is 50.6 Å². The zero-order chi connectivity index (χ0) is 14.5. The number of aryl methyl sites for hydroxylation is 1. The van der Waals surface area contributed by atoms with Gasteiger partial charge >= 0.3 is 5.91 Å². The molecule has 1 aromatic rings. The van der Waals surface area contributed by atoms with Crippen LogP contribution >= 0.6 is 0 Å². The lowest BCUT2D eigenvalue weighted by Gasteiger charge is -2.34. The van der Waals surface area contributed by atoms with Gasteiger partial charge in [0.05, 0.1) is 6.61 Å². The Hall–Kier alpha value is -1.41. The Balaban J connectivity index is 1.91. The highest BCUT2D eigenvalue weighted by molar-refractivity contribution is 5.91. The van der Waals surface area contributed by atoms with Crippen molar-refractivity contribution < 1.29 is 14.3 Å². The van der Waals surface area contributed by atoms with Crippen molar-refractivity contribution >= 4 is 5.91 Å². The van der Waals surface area contributed by atoms with Crippen LogP contribution in [0, 0.1) is 6.92 Å². The number of hydrogen-bond acceptors (Lipinski definition) is 6. The number of carbonyl (C=O) groups is 1. The largest absolute Gasteiger partial charge is 0.456 e. The summed E-state index contributed by atoms with van der Waals surface area (Å²) in [5.74, 6) is 5.69. The molecule has 0 radical (unpaired) electrons. The van der Waals surface area contributed by atoms with E-state index in [2.05, 4.69) is 15.2 Å². The molecule has 4 N–H and O–H groups in total. The molecule has 112 valence electrons. The van der Waals surface area contributed by atoms with Crippen LogP contribution < -0.4 is 11.3 Å². The van der Waals surface area contributed by atoms with E-state index in [1.165, 1.54) is 0 Å². The molecule has 0 saturated carbocycles. The number of furan rings is 1. The maximum Gasteiger partial charge on any atom is 0.300 e. The Morgan fingerprint density at radius 2 is 2.05 bits per heavy atom. The van der Waals surface area contributed by atoms with Gasteiger partial charge in [0.15, 0.2) is 5.76 Å². The van der Waals surface area contributed by atoms with E-state index in [-0.39, 0.29) is 12.4 Å².